The van der Waals surface area contributed by atoms with Crippen molar-refractivity contribution >= 4 is 22.6 Å². The van der Waals surface area contributed by atoms with Crippen molar-refractivity contribution in [3.63, 3.8) is 0 Å². The van der Waals surface area contributed by atoms with Gasteiger partial charge in [0.05, 0.1) is 6.04 Å². The lowest BCUT2D eigenvalue weighted by molar-refractivity contribution is 0.0526. The van der Waals surface area contributed by atoms with Gasteiger partial charge in [0, 0.05) is 16.5 Å². The number of carbonyl (C=O) groups excluding carboxylic acids is 2. The summed E-state index contributed by atoms with van der Waals surface area (Å²) in [5.74, 6) is -0.483. The number of epoxide rings is 1. The van der Waals surface area contributed by atoms with Crippen LogP contribution in [0.1, 0.15) is 39.3 Å². The molecule has 5 rings (SSSR count). The normalized spacial score (nSPS) is 22.6. The molecule has 3 aromatic carbocycles. The van der Waals surface area contributed by atoms with E-state index in [2.05, 4.69) is 0 Å². The molecule has 0 bridgehead atoms. The van der Waals surface area contributed by atoms with E-state index in [1.807, 2.05) is 61.5 Å². The summed E-state index contributed by atoms with van der Waals surface area (Å²) in [6, 6.07) is 20.7. The number of imide groups is 1. The van der Waals surface area contributed by atoms with Crippen LogP contribution in [0.3, 0.4) is 0 Å². The van der Waals surface area contributed by atoms with Gasteiger partial charge in [0.15, 0.2) is 0 Å². The fraction of sp³-hybridized carbons (Fsp3) is 0.182. The Bertz CT molecular complexity index is 993. The molecule has 0 spiro atoms. The number of ether oxygens (including phenoxy) is 1. The number of rotatable bonds is 3. The Labute approximate surface area is 151 Å². The average molecular weight is 343 g/mol. The van der Waals surface area contributed by atoms with Crippen molar-refractivity contribution in [2.24, 2.45) is 0 Å². The second-order valence-electron chi connectivity index (χ2n) is 6.86. The third-order valence-corrected chi connectivity index (χ3v) is 5.34. The highest BCUT2D eigenvalue weighted by molar-refractivity contribution is 6.25. The minimum Gasteiger partial charge on any atom is -0.362 e. The maximum atomic E-state index is 13.1. The molecule has 128 valence electrons. The number of nitrogens with zero attached hydrogens (tertiary/aromatic N) is 1. The number of benzene rings is 3. The molecule has 0 N–H and O–H groups in total. The van der Waals surface area contributed by atoms with Gasteiger partial charge in [-0.25, -0.2) is 0 Å². The molecule has 4 nitrogen and oxygen atoms in total. The van der Waals surface area contributed by atoms with Crippen LogP contribution in [-0.4, -0.2) is 28.9 Å². The first-order chi connectivity index (χ1) is 12.7. The summed E-state index contributed by atoms with van der Waals surface area (Å²) in [4.78, 5) is 27.5. The van der Waals surface area contributed by atoms with E-state index in [9.17, 15) is 9.59 Å². The zero-order chi connectivity index (χ0) is 17.8. The first-order valence-corrected chi connectivity index (χ1v) is 8.77. The van der Waals surface area contributed by atoms with Gasteiger partial charge in [-0.3, -0.25) is 14.5 Å². The number of amides is 2. The Kier molecular flexibility index (Phi) is 3.24. The number of hydrogen-bond acceptors (Lipinski definition) is 3. The zero-order valence-electron chi connectivity index (χ0n) is 14.3. The van der Waals surface area contributed by atoms with E-state index in [1.54, 1.807) is 12.1 Å². The quantitative estimate of drug-likeness (QED) is 0.534. The molecule has 3 aromatic rings. The minimum atomic E-state index is -0.330. The molecule has 0 radical (unpaired) electrons. The van der Waals surface area contributed by atoms with E-state index in [0.29, 0.717) is 11.1 Å². The van der Waals surface area contributed by atoms with E-state index < -0.39 is 0 Å². The Morgan fingerprint density at radius 3 is 2.08 bits per heavy atom. The third kappa shape index (κ3) is 2.12. The van der Waals surface area contributed by atoms with Gasteiger partial charge in [-0.15, -0.1) is 0 Å². The summed E-state index contributed by atoms with van der Waals surface area (Å²) < 4.78 is 5.83. The van der Waals surface area contributed by atoms with Crippen LogP contribution in [-0.2, 0) is 4.74 Å². The van der Waals surface area contributed by atoms with Crippen LogP contribution >= 0.6 is 0 Å². The monoisotopic (exact) mass is 343 g/mol. The molecular weight excluding hydrogens is 326 g/mol. The van der Waals surface area contributed by atoms with E-state index >= 15 is 0 Å². The van der Waals surface area contributed by atoms with Crippen LogP contribution in [0.5, 0.6) is 0 Å². The van der Waals surface area contributed by atoms with Crippen molar-refractivity contribution < 1.29 is 14.3 Å². The van der Waals surface area contributed by atoms with Crippen LogP contribution in [0.2, 0.25) is 0 Å². The SMILES string of the molecule is CC(C1OC1c1ccccc1)N1C(=O)c2cccc3cccc(c23)C1=O. The van der Waals surface area contributed by atoms with Crippen LogP contribution in [0.25, 0.3) is 10.8 Å². The van der Waals surface area contributed by atoms with Gasteiger partial charge < -0.3 is 4.74 Å². The number of hydrogen-bond donors (Lipinski definition) is 0. The summed E-state index contributed by atoms with van der Waals surface area (Å²) in [6.07, 6.45) is -0.241. The molecule has 2 aliphatic heterocycles. The lowest BCUT2D eigenvalue weighted by Crippen LogP contribution is -2.48. The van der Waals surface area contributed by atoms with E-state index in [4.69, 9.17) is 4.74 Å². The van der Waals surface area contributed by atoms with Gasteiger partial charge in [-0.05, 0) is 30.0 Å². The Balaban J connectivity index is 1.51. The highest BCUT2D eigenvalue weighted by Gasteiger charge is 2.49. The van der Waals surface area contributed by atoms with Crippen molar-refractivity contribution in [3.05, 3.63) is 83.4 Å². The molecule has 0 aromatic heterocycles. The average Bonchev–Trinajstić information content (AvgIpc) is 3.47. The zero-order valence-corrected chi connectivity index (χ0v) is 14.3. The lowest BCUT2D eigenvalue weighted by Gasteiger charge is -2.31. The smallest absolute Gasteiger partial charge is 0.261 e. The predicted molar refractivity (Wildman–Crippen MR) is 98.0 cm³/mol. The molecule has 0 saturated carbocycles. The van der Waals surface area contributed by atoms with Gasteiger partial charge in [0.25, 0.3) is 11.8 Å². The van der Waals surface area contributed by atoms with E-state index in [-0.39, 0.29) is 30.1 Å². The van der Waals surface area contributed by atoms with Crippen molar-refractivity contribution in [1.29, 1.82) is 0 Å². The van der Waals surface area contributed by atoms with E-state index in [0.717, 1.165) is 16.3 Å². The van der Waals surface area contributed by atoms with Crippen molar-refractivity contribution in [1.82, 2.24) is 4.90 Å². The molecule has 3 atom stereocenters. The van der Waals surface area contributed by atoms with Crippen LogP contribution in [0.15, 0.2) is 66.7 Å². The third-order valence-electron chi connectivity index (χ3n) is 5.34. The summed E-state index contributed by atoms with van der Waals surface area (Å²) in [6.45, 7) is 1.89. The first-order valence-electron chi connectivity index (χ1n) is 8.77. The summed E-state index contributed by atoms with van der Waals surface area (Å²) in [7, 11) is 0. The van der Waals surface area contributed by atoms with E-state index in [1.165, 1.54) is 4.90 Å². The standard InChI is InChI=1S/C22H17NO3/c1-13(19-20(26-19)15-7-3-2-4-8-15)23-21(24)16-11-5-9-14-10-6-12-17(18(14)16)22(23)25/h2-13,19-20H,1H3. The van der Waals surface area contributed by atoms with Gasteiger partial charge in [-0.2, -0.15) is 0 Å². The van der Waals surface area contributed by atoms with Crippen molar-refractivity contribution in [2.75, 3.05) is 0 Å². The number of carbonyl (C=O) groups is 2. The molecule has 2 heterocycles. The first kappa shape index (κ1) is 15.3. The highest BCUT2D eigenvalue weighted by Crippen LogP contribution is 2.43. The maximum absolute atomic E-state index is 13.1. The predicted octanol–water partition coefficient (Wildman–Crippen LogP) is 3.96. The van der Waals surface area contributed by atoms with Crippen molar-refractivity contribution in [2.45, 2.75) is 25.2 Å². The highest BCUT2D eigenvalue weighted by atomic mass is 16.6. The molecule has 2 amide bonds. The van der Waals surface area contributed by atoms with Gasteiger partial charge in [0.1, 0.15) is 12.2 Å². The molecule has 3 unspecified atom stereocenters. The summed E-state index contributed by atoms with van der Waals surface area (Å²) in [5.41, 5.74) is 2.24. The fourth-order valence-corrected chi connectivity index (χ4v) is 3.97. The maximum Gasteiger partial charge on any atom is 0.261 e. The van der Waals surface area contributed by atoms with Gasteiger partial charge in [-0.1, -0.05) is 54.6 Å². The minimum absolute atomic E-state index is 0.0697. The lowest BCUT2D eigenvalue weighted by atomic mass is 9.92. The molecule has 0 aliphatic carbocycles. The molecule has 4 heteroatoms. The Morgan fingerprint density at radius 2 is 1.46 bits per heavy atom. The van der Waals surface area contributed by atoms with Crippen LogP contribution < -0.4 is 0 Å². The second kappa shape index (κ2) is 5.51. The van der Waals surface area contributed by atoms with Gasteiger partial charge >= 0.3 is 0 Å². The largest absolute Gasteiger partial charge is 0.362 e. The van der Waals surface area contributed by atoms with Crippen LogP contribution in [0, 0.1) is 0 Å². The topological polar surface area (TPSA) is 49.9 Å². The van der Waals surface area contributed by atoms with Crippen molar-refractivity contribution in [3.8, 4) is 0 Å². The van der Waals surface area contributed by atoms with Crippen LogP contribution in [0.4, 0.5) is 0 Å². The molecular formula is C22H17NO3. The Morgan fingerprint density at radius 1 is 0.846 bits per heavy atom. The Hall–Kier alpha value is -2.98. The molecule has 26 heavy (non-hydrogen) atoms. The molecule has 1 fully saturated rings. The second-order valence-corrected chi connectivity index (χ2v) is 6.86. The molecule has 2 aliphatic rings. The fourth-order valence-electron chi connectivity index (χ4n) is 3.97. The van der Waals surface area contributed by atoms with Gasteiger partial charge in [0.2, 0.25) is 0 Å². The summed E-state index contributed by atoms with van der Waals surface area (Å²) in [5, 5.41) is 1.67. The summed E-state index contributed by atoms with van der Waals surface area (Å²) >= 11 is 0. The molecule has 1 saturated heterocycles.